The van der Waals surface area contributed by atoms with Gasteiger partial charge in [0.05, 0.1) is 12.2 Å². The van der Waals surface area contributed by atoms with E-state index in [0.717, 1.165) is 5.56 Å². The summed E-state index contributed by atoms with van der Waals surface area (Å²) < 4.78 is 10.4. The third kappa shape index (κ3) is 2.57. The second-order valence-electron chi connectivity index (χ2n) is 4.04. The smallest absolute Gasteiger partial charge is 0.338 e. The fourth-order valence-electron chi connectivity index (χ4n) is 1.92. The molecule has 0 fully saturated rings. The monoisotopic (exact) mass is 258 g/mol. The number of esters is 1. The second kappa shape index (κ2) is 5.52. The summed E-state index contributed by atoms with van der Waals surface area (Å²) >= 11 is 0. The SMILES string of the molecule is CCOC(=O)c1cccc(C)c1-c1ccc(C=O)o1. The maximum absolute atomic E-state index is 11.9. The van der Waals surface area contributed by atoms with E-state index in [2.05, 4.69) is 0 Å². The summed E-state index contributed by atoms with van der Waals surface area (Å²) in [5.74, 6) is 0.321. The number of hydrogen-bond donors (Lipinski definition) is 0. The summed E-state index contributed by atoms with van der Waals surface area (Å²) in [6, 6.07) is 8.59. The molecule has 1 aromatic carbocycles. The molecule has 0 aliphatic heterocycles. The second-order valence-corrected chi connectivity index (χ2v) is 4.04. The zero-order chi connectivity index (χ0) is 13.8. The molecular weight excluding hydrogens is 244 g/mol. The number of hydrogen-bond acceptors (Lipinski definition) is 4. The van der Waals surface area contributed by atoms with E-state index < -0.39 is 5.97 Å². The Morgan fingerprint density at radius 3 is 2.74 bits per heavy atom. The molecule has 2 rings (SSSR count). The molecule has 98 valence electrons. The van der Waals surface area contributed by atoms with Crippen molar-refractivity contribution in [3.05, 3.63) is 47.2 Å². The Morgan fingerprint density at radius 1 is 1.32 bits per heavy atom. The minimum absolute atomic E-state index is 0.230. The number of carbonyl (C=O) groups excluding carboxylic acids is 2. The number of carbonyl (C=O) groups is 2. The van der Waals surface area contributed by atoms with Crippen LogP contribution in [0.5, 0.6) is 0 Å². The molecular formula is C15H14O4. The van der Waals surface area contributed by atoms with Crippen LogP contribution in [0.3, 0.4) is 0 Å². The van der Waals surface area contributed by atoms with E-state index in [-0.39, 0.29) is 5.76 Å². The van der Waals surface area contributed by atoms with Crippen LogP contribution < -0.4 is 0 Å². The summed E-state index contributed by atoms with van der Waals surface area (Å²) in [7, 11) is 0. The van der Waals surface area contributed by atoms with Crippen molar-refractivity contribution in [3.8, 4) is 11.3 Å². The molecule has 0 saturated carbocycles. The van der Waals surface area contributed by atoms with Crippen LogP contribution in [0.25, 0.3) is 11.3 Å². The molecule has 1 aromatic heterocycles. The van der Waals surface area contributed by atoms with E-state index >= 15 is 0 Å². The number of ether oxygens (including phenoxy) is 1. The van der Waals surface area contributed by atoms with Crippen molar-refractivity contribution in [1.82, 2.24) is 0 Å². The van der Waals surface area contributed by atoms with Gasteiger partial charge in [0.1, 0.15) is 5.76 Å². The summed E-state index contributed by atoms with van der Waals surface area (Å²) in [4.78, 5) is 22.6. The normalized spacial score (nSPS) is 10.2. The lowest BCUT2D eigenvalue weighted by molar-refractivity contribution is 0.0527. The van der Waals surface area contributed by atoms with E-state index in [0.29, 0.717) is 29.8 Å². The Morgan fingerprint density at radius 2 is 2.11 bits per heavy atom. The number of rotatable bonds is 4. The van der Waals surface area contributed by atoms with Gasteiger partial charge in [-0.1, -0.05) is 12.1 Å². The topological polar surface area (TPSA) is 56.5 Å². The first-order valence-electron chi connectivity index (χ1n) is 5.99. The van der Waals surface area contributed by atoms with Crippen molar-refractivity contribution >= 4 is 12.3 Å². The molecule has 0 spiro atoms. The predicted molar refractivity (Wildman–Crippen MR) is 70.2 cm³/mol. The molecule has 0 radical (unpaired) electrons. The average Bonchev–Trinajstić information content (AvgIpc) is 2.87. The lowest BCUT2D eigenvalue weighted by atomic mass is 10.00. The van der Waals surface area contributed by atoms with Crippen molar-refractivity contribution in [2.45, 2.75) is 13.8 Å². The maximum atomic E-state index is 11.9. The summed E-state index contributed by atoms with van der Waals surface area (Å²) in [6.45, 7) is 3.94. The molecule has 4 heteroatoms. The first kappa shape index (κ1) is 13.1. The van der Waals surface area contributed by atoms with Gasteiger partial charge in [0, 0.05) is 5.56 Å². The van der Waals surface area contributed by atoms with Crippen molar-refractivity contribution in [1.29, 1.82) is 0 Å². The van der Waals surface area contributed by atoms with Gasteiger partial charge in [0.15, 0.2) is 12.0 Å². The van der Waals surface area contributed by atoms with E-state index in [1.54, 1.807) is 31.2 Å². The lowest BCUT2D eigenvalue weighted by Crippen LogP contribution is -2.07. The van der Waals surface area contributed by atoms with E-state index in [1.807, 2.05) is 13.0 Å². The molecule has 0 unspecified atom stereocenters. The highest BCUT2D eigenvalue weighted by Gasteiger charge is 2.18. The number of furan rings is 1. The van der Waals surface area contributed by atoms with Crippen LogP contribution in [0.15, 0.2) is 34.7 Å². The summed E-state index contributed by atoms with van der Waals surface area (Å²) in [5.41, 5.74) is 1.99. The molecule has 2 aromatic rings. The van der Waals surface area contributed by atoms with Crippen LogP contribution >= 0.6 is 0 Å². The van der Waals surface area contributed by atoms with Gasteiger partial charge in [-0.25, -0.2) is 4.79 Å². The molecule has 0 atom stereocenters. The van der Waals surface area contributed by atoms with Crippen molar-refractivity contribution < 1.29 is 18.7 Å². The molecule has 0 aliphatic rings. The van der Waals surface area contributed by atoms with Gasteiger partial charge in [-0.3, -0.25) is 4.79 Å². The van der Waals surface area contributed by atoms with Crippen LogP contribution in [0.1, 0.15) is 33.4 Å². The van der Waals surface area contributed by atoms with Gasteiger partial charge < -0.3 is 9.15 Å². The van der Waals surface area contributed by atoms with E-state index in [1.165, 1.54) is 0 Å². The van der Waals surface area contributed by atoms with Crippen LogP contribution in [-0.4, -0.2) is 18.9 Å². The molecule has 0 bridgehead atoms. The lowest BCUT2D eigenvalue weighted by Gasteiger charge is -2.09. The van der Waals surface area contributed by atoms with Gasteiger partial charge in [-0.2, -0.15) is 0 Å². The molecule has 19 heavy (non-hydrogen) atoms. The third-order valence-electron chi connectivity index (χ3n) is 2.76. The highest BCUT2D eigenvalue weighted by molar-refractivity contribution is 5.97. The van der Waals surface area contributed by atoms with Crippen molar-refractivity contribution in [3.63, 3.8) is 0 Å². The Balaban J connectivity index is 2.54. The largest absolute Gasteiger partial charge is 0.462 e. The van der Waals surface area contributed by atoms with Crippen LogP contribution in [0.4, 0.5) is 0 Å². The fraction of sp³-hybridized carbons (Fsp3) is 0.200. The molecule has 0 N–H and O–H groups in total. The van der Waals surface area contributed by atoms with Gasteiger partial charge in [0.25, 0.3) is 0 Å². The van der Waals surface area contributed by atoms with Crippen molar-refractivity contribution in [2.24, 2.45) is 0 Å². The minimum Gasteiger partial charge on any atom is -0.462 e. The summed E-state index contributed by atoms with van der Waals surface area (Å²) in [6.07, 6.45) is 0.631. The number of benzene rings is 1. The van der Waals surface area contributed by atoms with E-state index in [9.17, 15) is 9.59 Å². The molecule has 0 saturated heterocycles. The fourth-order valence-corrected chi connectivity index (χ4v) is 1.92. The number of aldehydes is 1. The van der Waals surface area contributed by atoms with Crippen LogP contribution in [0.2, 0.25) is 0 Å². The molecule has 0 aliphatic carbocycles. The maximum Gasteiger partial charge on any atom is 0.338 e. The first-order chi connectivity index (χ1) is 9.17. The van der Waals surface area contributed by atoms with Gasteiger partial charge >= 0.3 is 5.97 Å². The molecule has 0 amide bonds. The Labute approximate surface area is 111 Å². The van der Waals surface area contributed by atoms with Crippen LogP contribution in [0, 0.1) is 6.92 Å². The minimum atomic E-state index is -0.398. The molecule has 1 heterocycles. The zero-order valence-corrected chi connectivity index (χ0v) is 10.8. The highest BCUT2D eigenvalue weighted by atomic mass is 16.5. The predicted octanol–water partition coefficient (Wildman–Crippen LogP) is 3.24. The highest BCUT2D eigenvalue weighted by Crippen LogP contribution is 2.29. The van der Waals surface area contributed by atoms with E-state index in [4.69, 9.17) is 9.15 Å². The molecule has 4 nitrogen and oxygen atoms in total. The quantitative estimate of drug-likeness (QED) is 0.624. The van der Waals surface area contributed by atoms with Gasteiger partial charge in [-0.05, 0) is 37.6 Å². The van der Waals surface area contributed by atoms with Gasteiger partial charge in [0.2, 0.25) is 0 Å². The van der Waals surface area contributed by atoms with Crippen molar-refractivity contribution in [2.75, 3.05) is 6.61 Å². The Kier molecular flexibility index (Phi) is 3.80. The van der Waals surface area contributed by atoms with Gasteiger partial charge in [-0.15, -0.1) is 0 Å². The average molecular weight is 258 g/mol. The zero-order valence-electron chi connectivity index (χ0n) is 10.8. The first-order valence-corrected chi connectivity index (χ1v) is 5.99. The third-order valence-corrected chi connectivity index (χ3v) is 2.76. The Bertz CT molecular complexity index is 610. The Hall–Kier alpha value is -2.36. The van der Waals surface area contributed by atoms with Crippen LogP contribution in [-0.2, 0) is 4.74 Å². The summed E-state index contributed by atoms with van der Waals surface area (Å²) in [5, 5.41) is 0. The standard InChI is InChI=1S/C15H14O4/c1-3-18-15(17)12-6-4-5-10(2)14(12)13-8-7-11(9-16)19-13/h4-9H,3H2,1-2H3. The number of aryl methyl sites for hydroxylation is 1.